The fourth-order valence-electron chi connectivity index (χ4n) is 3.58. The molecule has 1 heterocycles. The molecule has 0 spiro atoms. The Labute approximate surface area is 120 Å². The van der Waals surface area contributed by atoms with Gasteiger partial charge in [0.15, 0.2) is 0 Å². The first-order valence-corrected chi connectivity index (χ1v) is 7.95. The first-order valence-electron chi connectivity index (χ1n) is 7.95. The highest BCUT2D eigenvalue weighted by Crippen LogP contribution is 2.36. The van der Waals surface area contributed by atoms with Gasteiger partial charge in [-0.25, -0.2) is 4.79 Å². The first kappa shape index (κ1) is 15.1. The number of carboxylic acids is 1. The lowest BCUT2D eigenvalue weighted by atomic mass is 9.92. The number of nitrogens with zero attached hydrogens (tertiary/aromatic N) is 1. The van der Waals surface area contributed by atoms with Crippen molar-refractivity contribution in [3.63, 3.8) is 0 Å². The summed E-state index contributed by atoms with van der Waals surface area (Å²) >= 11 is 0. The number of carbonyl (C=O) groups is 2. The van der Waals surface area contributed by atoms with Crippen molar-refractivity contribution in [2.24, 2.45) is 5.92 Å². The topological polar surface area (TPSA) is 69.6 Å². The number of fused-ring (bicyclic) bond motifs is 1. The molecule has 1 saturated carbocycles. The monoisotopic (exact) mass is 282 g/mol. The van der Waals surface area contributed by atoms with Crippen molar-refractivity contribution in [1.29, 1.82) is 0 Å². The van der Waals surface area contributed by atoms with E-state index in [-0.39, 0.29) is 12.5 Å². The Bertz CT molecular complexity index is 346. The normalized spacial score (nSPS) is 25.3. The molecule has 1 aliphatic carbocycles. The van der Waals surface area contributed by atoms with E-state index in [1.54, 1.807) is 0 Å². The largest absolute Gasteiger partial charge is 0.481 e. The highest BCUT2D eigenvalue weighted by Gasteiger charge is 2.37. The number of hydrogen-bond acceptors (Lipinski definition) is 2. The van der Waals surface area contributed by atoms with Crippen molar-refractivity contribution < 1.29 is 14.7 Å². The number of urea groups is 1. The summed E-state index contributed by atoms with van der Waals surface area (Å²) in [6, 6.07) is 0.551. The molecule has 2 fully saturated rings. The summed E-state index contributed by atoms with van der Waals surface area (Å²) in [6.45, 7) is 1.55. The molecule has 2 rings (SSSR count). The Hall–Kier alpha value is -1.26. The van der Waals surface area contributed by atoms with Crippen molar-refractivity contribution in [1.82, 2.24) is 10.2 Å². The number of amides is 2. The quantitative estimate of drug-likeness (QED) is 0.736. The summed E-state index contributed by atoms with van der Waals surface area (Å²) in [5, 5.41) is 11.5. The van der Waals surface area contributed by atoms with Gasteiger partial charge in [-0.1, -0.05) is 12.8 Å². The van der Waals surface area contributed by atoms with E-state index < -0.39 is 5.97 Å². The second kappa shape index (κ2) is 7.50. The number of carboxylic acid groups (broad SMARTS) is 1. The van der Waals surface area contributed by atoms with Crippen LogP contribution in [0.2, 0.25) is 0 Å². The van der Waals surface area contributed by atoms with E-state index in [0.717, 1.165) is 38.1 Å². The molecule has 20 heavy (non-hydrogen) atoms. The van der Waals surface area contributed by atoms with Crippen molar-refractivity contribution in [2.75, 3.05) is 13.1 Å². The molecular formula is C15H26N2O3. The van der Waals surface area contributed by atoms with Crippen LogP contribution < -0.4 is 5.32 Å². The lowest BCUT2D eigenvalue weighted by Gasteiger charge is -2.37. The molecule has 2 N–H and O–H groups in total. The van der Waals surface area contributed by atoms with Gasteiger partial charge in [-0.15, -0.1) is 0 Å². The van der Waals surface area contributed by atoms with Gasteiger partial charge in [0.1, 0.15) is 0 Å². The van der Waals surface area contributed by atoms with Gasteiger partial charge >= 0.3 is 12.0 Å². The van der Waals surface area contributed by atoms with Crippen molar-refractivity contribution in [3.8, 4) is 0 Å². The lowest BCUT2D eigenvalue weighted by molar-refractivity contribution is -0.137. The molecule has 5 heteroatoms. The van der Waals surface area contributed by atoms with E-state index in [0.29, 0.717) is 19.0 Å². The molecule has 5 nitrogen and oxygen atoms in total. The molecule has 2 amide bonds. The maximum absolute atomic E-state index is 12.2. The average Bonchev–Trinajstić information content (AvgIpc) is 2.90. The van der Waals surface area contributed by atoms with Crippen LogP contribution in [0, 0.1) is 5.92 Å². The number of piperidine rings is 1. The number of carbonyl (C=O) groups excluding carboxylic acids is 1. The Balaban J connectivity index is 1.63. The SMILES string of the molecule is O=C(O)CCCCCNC(=O)N1CCCC2CCCC21. The van der Waals surface area contributed by atoms with Crippen molar-refractivity contribution in [2.45, 2.75) is 63.8 Å². The number of hydrogen-bond donors (Lipinski definition) is 2. The van der Waals surface area contributed by atoms with Crippen molar-refractivity contribution >= 4 is 12.0 Å². The smallest absolute Gasteiger partial charge is 0.317 e. The maximum atomic E-state index is 12.2. The van der Waals surface area contributed by atoms with Crippen LogP contribution in [0.1, 0.15) is 57.8 Å². The molecule has 114 valence electrons. The fourth-order valence-corrected chi connectivity index (χ4v) is 3.58. The van der Waals surface area contributed by atoms with E-state index in [9.17, 15) is 9.59 Å². The number of nitrogens with one attached hydrogen (secondary N) is 1. The number of aliphatic carboxylic acids is 1. The number of rotatable bonds is 6. The third kappa shape index (κ3) is 4.12. The van der Waals surface area contributed by atoms with E-state index in [4.69, 9.17) is 5.11 Å². The van der Waals surface area contributed by atoms with E-state index in [2.05, 4.69) is 5.32 Å². The van der Waals surface area contributed by atoms with Gasteiger partial charge in [0.25, 0.3) is 0 Å². The first-order chi connectivity index (χ1) is 9.68. The van der Waals surface area contributed by atoms with Crippen LogP contribution >= 0.6 is 0 Å². The third-order valence-electron chi connectivity index (χ3n) is 4.60. The van der Waals surface area contributed by atoms with Crippen molar-refractivity contribution in [3.05, 3.63) is 0 Å². The van der Waals surface area contributed by atoms with Crippen LogP contribution in [0.25, 0.3) is 0 Å². The van der Waals surface area contributed by atoms with Gasteiger partial charge in [-0.05, 0) is 44.4 Å². The molecule has 1 aliphatic heterocycles. The van der Waals surface area contributed by atoms with Gasteiger partial charge < -0.3 is 15.3 Å². The van der Waals surface area contributed by atoms with Gasteiger partial charge in [-0.3, -0.25) is 4.79 Å². The van der Waals surface area contributed by atoms with Crippen LogP contribution in [0.4, 0.5) is 4.79 Å². The molecule has 0 bridgehead atoms. The summed E-state index contributed by atoms with van der Waals surface area (Å²) < 4.78 is 0. The predicted octanol–water partition coefficient (Wildman–Crippen LogP) is 2.61. The molecule has 0 radical (unpaired) electrons. The molecule has 2 unspecified atom stereocenters. The number of unbranched alkanes of at least 4 members (excludes halogenated alkanes) is 2. The maximum Gasteiger partial charge on any atom is 0.317 e. The molecule has 2 atom stereocenters. The minimum atomic E-state index is -0.741. The standard InChI is InChI=1S/C15H26N2O3/c18-14(19)9-2-1-3-10-16-15(20)17-11-5-7-12-6-4-8-13(12)17/h12-13H,1-11H2,(H,16,20)(H,18,19). The zero-order valence-corrected chi connectivity index (χ0v) is 12.1. The summed E-state index contributed by atoms with van der Waals surface area (Å²) in [6.07, 6.45) is 8.76. The van der Waals surface area contributed by atoms with E-state index >= 15 is 0 Å². The molecule has 0 aromatic carbocycles. The lowest BCUT2D eigenvalue weighted by Crippen LogP contribution is -2.50. The zero-order valence-electron chi connectivity index (χ0n) is 12.1. The van der Waals surface area contributed by atoms with Crippen LogP contribution in [-0.2, 0) is 4.79 Å². The molecule has 0 aromatic rings. The Morgan fingerprint density at radius 3 is 2.70 bits per heavy atom. The third-order valence-corrected chi connectivity index (χ3v) is 4.60. The van der Waals surface area contributed by atoms with Gasteiger partial charge in [0.2, 0.25) is 0 Å². The second-order valence-corrected chi connectivity index (χ2v) is 6.03. The average molecular weight is 282 g/mol. The Morgan fingerprint density at radius 2 is 1.90 bits per heavy atom. The van der Waals surface area contributed by atoms with Crippen LogP contribution in [0.15, 0.2) is 0 Å². The molecular weight excluding hydrogens is 256 g/mol. The summed E-state index contributed by atoms with van der Waals surface area (Å²) in [4.78, 5) is 24.6. The molecule has 2 aliphatic rings. The molecule has 1 saturated heterocycles. The van der Waals surface area contributed by atoms with Crippen LogP contribution in [0.3, 0.4) is 0 Å². The highest BCUT2D eigenvalue weighted by atomic mass is 16.4. The zero-order chi connectivity index (χ0) is 14.4. The van der Waals surface area contributed by atoms with E-state index in [1.807, 2.05) is 4.90 Å². The van der Waals surface area contributed by atoms with Crippen LogP contribution in [-0.4, -0.2) is 41.1 Å². The van der Waals surface area contributed by atoms with Gasteiger partial charge in [-0.2, -0.15) is 0 Å². The Morgan fingerprint density at radius 1 is 1.10 bits per heavy atom. The minimum absolute atomic E-state index is 0.0832. The number of likely N-dealkylation sites (tertiary alicyclic amines) is 1. The van der Waals surface area contributed by atoms with Gasteiger partial charge in [0.05, 0.1) is 0 Å². The summed E-state index contributed by atoms with van der Waals surface area (Å²) in [7, 11) is 0. The summed E-state index contributed by atoms with van der Waals surface area (Å²) in [5.41, 5.74) is 0. The van der Waals surface area contributed by atoms with Gasteiger partial charge in [0, 0.05) is 25.6 Å². The van der Waals surface area contributed by atoms with Crippen LogP contribution in [0.5, 0.6) is 0 Å². The Kier molecular flexibility index (Phi) is 5.68. The molecule has 0 aromatic heterocycles. The predicted molar refractivity (Wildman–Crippen MR) is 76.6 cm³/mol. The fraction of sp³-hybridized carbons (Fsp3) is 0.867. The van der Waals surface area contributed by atoms with E-state index in [1.165, 1.54) is 19.3 Å². The second-order valence-electron chi connectivity index (χ2n) is 6.03. The highest BCUT2D eigenvalue weighted by molar-refractivity contribution is 5.74. The summed E-state index contributed by atoms with van der Waals surface area (Å²) in [5.74, 6) is -0.0142. The minimum Gasteiger partial charge on any atom is -0.481 e.